The van der Waals surface area contributed by atoms with Gasteiger partial charge in [-0.25, -0.2) is 0 Å². The average Bonchev–Trinajstić information content (AvgIpc) is 2.74. The Bertz CT molecular complexity index is 214. The number of nitrogens with one attached hydrogen (secondary N) is 1. The Morgan fingerprint density at radius 1 is 1.47 bits per heavy atom. The molecule has 1 rings (SSSR count). The van der Waals surface area contributed by atoms with Crippen LogP contribution in [0.5, 0.6) is 0 Å². The quantitative estimate of drug-likeness (QED) is 0.699. The fourth-order valence-corrected chi connectivity index (χ4v) is 1.83. The average molecular weight is 211 g/mol. The van der Waals surface area contributed by atoms with Crippen LogP contribution in [0.1, 0.15) is 20.3 Å². The summed E-state index contributed by atoms with van der Waals surface area (Å²) in [5.74, 6) is 0. The number of hydrogen-bond donors (Lipinski definition) is 1. The molecule has 0 aliphatic carbocycles. The lowest BCUT2D eigenvalue weighted by Gasteiger charge is -2.23. The van der Waals surface area contributed by atoms with E-state index in [1.54, 1.807) is 0 Å². The first-order valence-corrected chi connectivity index (χ1v) is 5.72. The molecule has 86 valence electrons. The molecule has 1 atom stereocenters. The Balaban J connectivity index is 2.26. The third kappa shape index (κ3) is 3.45. The van der Waals surface area contributed by atoms with Crippen LogP contribution in [0.4, 0.5) is 0 Å². The van der Waals surface area contributed by atoms with Crippen LogP contribution in [0.2, 0.25) is 0 Å². The zero-order valence-electron chi connectivity index (χ0n) is 9.75. The second-order valence-corrected chi connectivity index (χ2v) is 3.95. The van der Waals surface area contributed by atoms with Crippen LogP contribution in [0.3, 0.4) is 0 Å². The third-order valence-electron chi connectivity index (χ3n) is 3.02. The Kier molecular flexibility index (Phi) is 5.03. The fourth-order valence-electron chi connectivity index (χ4n) is 1.83. The van der Waals surface area contributed by atoms with Gasteiger partial charge in [0.2, 0.25) is 0 Å². The summed E-state index contributed by atoms with van der Waals surface area (Å²) < 4.78 is 5.26. The van der Waals surface area contributed by atoms with Gasteiger partial charge >= 0.3 is 0 Å². The molecular formula is C11H21N3O. The lowest BCUT2D eigenvalue weighted by molar-refractivity contribution is 0.178. The predicted molar refractivity (Wildman–Crippen MR) is 59.6 cm³/mol. The number of nitrogens with zero attached hydrogens (tertiary/aromatic N) is 2. The molecule has 0 spiro atoms. The molecule has 0 aromatic carbocycles. The van der Waals surface area contributed by atoms with Gasteiger partial charge in [-0.15, -0.1) is 0 Å². The largest absolute Gasteiger partial charge is 0.378 e. The zero-order chi connectivity index (χ0) is 11.1. The molecular weight excluding hydrogens is 190 g/mol. The van der Waals surface area contributed by atoms with Crippen LogP contribution in [0, 0.1) is 11.3 Å². The third-order valence-corrected chi connectivity index (χ3v) is 3.02. The van der Waals surface area contributed by atoms with E-state index < -0.39 is 5.54 Å². The van der Waals surface area contributed by atoms with E-state index in [1.165, 1.54) is 0 Å². The van der Waals surface area contributed by atoms with Gasteiger partial charge in [0.1, 0.15) is 5.54 Å². The van der Waals surface area contributed by atoms with E-state index in [0.717, 1.165) is 32.6 Å². The molecule has 1 N–H and O–H groups in total. The molecule has 1 fully saturated rings. The first-order chi connectivity index (χ1) is 7.26. The standard InChI is InChI=1S/C11H21N3O/c1-3-14(4-2)7-6-13-11(9-12)5-8-15-10-11/h13H,3-8,10H2,1-2H3. The van der Waals surface area contributed by atoms with Gasteiger partial charge < -0.3 is 9.64 Å². The molecule has 1 saturated heterocycles. The topological polar surface area (TPSA) is 48.3 Å². The minimum absolute atomic E-state index is 0.423. The molecule has 1 aliphatic rings. The number of rotatable bonds is 6. The van der Waals surface area contributed by atoms with Crippen molar-refractivity contribution in [2.75, 3.05) is 39.4 Å². The van der Waals surface area contributed by atoms with Gasteiger partial charge in [0, 0.05) is 26.1 Å². The number of nitriles is 1. The maximum Gasteiger partial charge on any atom is 0.132 e. The van der Waals surface area contributed by atoms with E-state index in [9.17, 15) is 0 Å². The SMILES string of the molecule is CCN(CC)CCNC1(C#N)CCOC1. The Morgan fingerprint density at radius 3 is 2.67 bits per heavy atom. The Hall–Kier alpha value is -0.630. The normalized spacial score (nSPS) is 25.7. The second-order valence-electron chi connectivity index (χ2n) is 3.95. The summed E-state index contributed by atoms with van der Waals surface area (Å²) in [6.07, 6.45) is 0.807. The molecule has 0 bridgehead atoms. The molecule has 0 radical (unpaired) electrons. The first-order valence-electron chi connectivity index (χ1n) is 5.72. The summed E-state index contributed by atoms with van der Waals surface area (Å²) in [7, 11) is 0. The van der Waals surface area contributed by atoms with Crippen LogP contribution in [-0.4, -0.2) is 49.8 Å². The summed E-state index contributed by atoms with van der Waals surface area (Å²) in [5, 5.41) is 12.4. The van der Waals surface area contributed by atoms with Crippen LogP contribution in [0.25, 0.3) is 0 Å². The number of likely N-dealkylation sites (N-methyl/N-ethyl adjacent to an activating group) is 1. The lowest BCUT2D eigenvalue weighted by atomic mass is 10.0. The van der Waals surface area contributed by atoms with E-state index in [2.05, 4.69) is 30.1 Å². The van der Waals surface area contributed by atoms with Gasteiger partial charge in [-0.2, -0.15) is 5.26 Å². The molecule has 4 heteroatoms. The monoisotopic (exact) mass is 211 g/mol. The van der Waals surface area contributed by atoms with Crippen molar-refractivity contribution in [3.63, 3.8) is 0 Å². The summed E-state index contributed by atoms with van der Waals surface area (Å²) in [6, 6.07) is 2.33. The number of hydrogen-bond acceptors (Lipinski definition) is 4. The van der Waals surface area contributed by atoms with Crippen LogP contribution in [0.15, 0.2) is 0 Å². The fraction of sp³-hybridized carbons (Fsp3) is 0.909. The highest BCUT2D eigenvalue weighted by Gasteiger charge is 2.34. The van der Waals surface area contributed by atoms with Gasteiger partial charge in [0.05, 0.1) is 12.7 Å². The molecule has 0 aromatic rings. The summed E-state index contributed by atoms with van der Waals surface area (Å²) in [4.78, 5) is 2.34. The first kappa shape index (κ1) is 12.4. The van der Waals surface area contributed by atoms with Crippen LogP contribution >= 0.6 is 0 Å². The second kappa shape index (κ2) is 6.06. The van der Waals surface area contributed by atoms with Crippen molar-refractivity contribution in [3.05, 3.63) is 0 Å². The maximum atomic E-state index is 9.09. The molecule has 15 heavy (non-hydrogen) atoms. The molecule has 1 aliphatic heterocycles. The smallest absolute Gasteiger partial charge is 0.132 e. The summed E-state index contributed by atoms with van der Waals surface area (Å²) in [6.45, 7) is 9.52. The molecule has 1 heterocycles. The summed E-state index contributed by atoms with van der Waals surface area (Å²) >= 11 is 0. The van der Waals surface area contributed by atoms with Gasteiger partial charge in [0.25, 0.3) is 0 Å². The van der Waals surface area contributed by atoms with E-state index in [-0.39, 0.29) is 0 Å². The van der Waals surface area contributed by atoms with Crippen LogP contribution in [-0.2, 0) is 4.74 Å². The molecule has 0 saturated carbocycles. The van der Waals surface area contributed by atoms with Crippen LogP contribution < -0.4 is 5.32 Å². The van der Waals surface area contributed by atoms with Crippen molar-refractivity contribution in [1.29, 1.82) is 5.26 Å². The zero-order valence-corrected chi connectivity index (χ0v) is 9.75. The number of ether oxygens (including phenoxy) is 1. The highest BCUT2D eigenvalue weighted by atomic mass is 16.5. The van der Waals surface area contributed by atoms with Gasteiger partial charge in [0.15, 0.2) is 0 Å². The molecule has 0 amide bonds. The minimum atomic E-state index is -0.423. The highest BCUT2D eigenvalue weighted by molar-refractivity contribution is 5.09. The Morgan fingerprint density at radius 2 is 2.20 bits per heavy atom. The highest BCUT2D eigenvalue weighted by Crippen LogP contribution is 2.16. The van der Waals surface area contributed by atoms with Crippen molar-refractivity contribution in [2.45, 2.75) is 25.8 Å². The predicted octanol–water partition coefficient (Wildman–Crippen LogP) is 0.600. The van der Waals surface area contributed by atoms with E-state index in [0.29, 0.717) is 13.2 Å². The van der Waals surface area contributed by atoms with Crippen molar-refractivity contribution < 1.29 is 4.74 Å². The van der Waals surface area contributed by atoms with Crippen molar-refractivity contribution in [1.82, 2.24) is 10.2 Å². The van der Waals surface area contributed by atoms with Gasteiger partial charge in [-0.1, -0.05) is 13.8 Å². The van der Waals surface area contributed by atoms with Crippen molar-refractivity contribution in [2.24, 2.45) is 0 Å². The molecule has 0 aromatic heterocycles. The maximum absolute atomic E-state index is 9.09. The van der Waals surface area contributed by atoms with E-state index in [4.69, 9.17) is 10.00 Å². The van der Waals surface area contributed by atoms with Crippen molar-refractivity contribution >= 4 is 0 Å². The molecule has 4 nitrogen and oxygen atoms in total. The van der Waals surface area contributed by atoms with Crippen molar-refractivity contribution in [3.8, 4) is 6.07 Å². The summed E-state index contributed by atoms with van der Waals surface area (Å²) in [5.41, 5.74) is -0.423. The van der Waals surface area contributed by atoms with E-state index in [1.807, 2.05) is 0 Å². The van der Waals surface area contributed by atoms with E-state index >= 15 is 0 Å². The molecule has 1 unspecified atom stereocenters. The minimum Gasteiger partial charge on any atom is -0.378 e. The van der Waals surface area contributed by atoms with Gasteiger partial charge in [-0.05, 0) is 13.1 Å². The lowest BCUT2D eigenvalue weighted by Crippen LogP contribution is -2.47. The Labute approximate surface area is 92.2 Å². The van der Waals surface area contributed by atoms with Gasteiger partial charge in [-0.3, -0.25) is 5.32 Å².